The molecule has 1 aromatic rings. The normalized spacial score (nSPS) is 13.1. The van der Waals surface area contributed by atoms with E-state index in [1.807, 2.05) is 0 Å². The summed E-state index contributed by atoms with van der Waals surface area (Å²) in [4.78, 5) is 0. The molecule has 15 heavy (non-hydrogen) atoms. The lowest BCUT2D eigenvalue weighted by Gasteiger charge is -2.18. The van der Waals surface area contributed by atoms with E-state index in [0.717, 1.165) is 0 Å². The summed E-state index contributed by atoms with van der Waals surface area (Å²) < 4.78 is 30.9. The van der Waals surface area contributed by atoms with Crippen molar-refractivity contribution in [3.8, 4) is 0 Å². The van der Waals surface area contributed by atoms with Gasteiger partial charge in [0.15, 0.2) is 4.67 Å². The lowest BCUT2D eigenvalue weighted by Crippen LogP contribution is -2.44. The molecule has 7 heteroatoms. The molecule has 0 aliphatic carbocycles. The second-order valence-corrected chi connectivity index (χ2v) is 6.35. The number of nitrogens with two attached hydrogens (primary N) is 1. The van der Waals surface area contributed by atoms with E-state index in [1.165, 1.54) is 12.1 Å². The summed E-state index contributed by atoms with van der Waals surface area (Å²) in [5.41, 5.74) is 5.06. The van der Waals surface area contributed by atoms with E-state index in [0.29, 0.717) is 4.67 Å². The Hall–Kier alpha value is -0.370. The molecule has 0 radical (unpaired) electrons. The lowest BCUT2D eigenvalue weighted by molar-refractivity contribution is 0.423. The van der Waals surface area contributed by atoms with Crippen molar-refractivity contribution >= 4 is 26.0 Å². The van der Waals surface area contributed by atoms with Crippen LogP contribution in [-0.2, 0) is 10.0 Å². The Morgan fingerprint density at radius 1 is 1.53 bits per heavy atom. The number of furan rings is 1. The van der Waals surface area contributed by atoms with Crippen molar-refractivity contribution in [3.05, 3.63) is 16.8 Å². The molecule has 0 atom stereocenters. The smallest absolute Gasteiger partial charge is 0.274 e. The van der Waals surface area contributed by atoms with Gasteiger partial charge in [0.05, 0.1) is 0 Å². The predicted molar refractivity (Wildman–Crippen MR) is 59.9 cm³/mol. The Balaban J connectivity index is 2.77. The molecule has 0 saturated carbocycles. The summed E-state index contributed by atoms with van der Waals surface area (Å²) >= 11 is 3.03. The number of nitrogens with one attached hydrogen (secondary N) is 1. The molecule has 0 aliphatic heterocycles. The first kappa shape index (κ1) is 12.7. The standard InChI is InChI=1S/C8H13BrN2O3S/c1-8(2,10)5-11-15(12,13)7-4-3-6(9)14-7/h3-4,11H,5,10H2,1-2H3. The van der Waals surface area contributed by atoms with E-state index >= 15 is 0 Å². The Morgan fingerprint density at radius 2 is 2.13 bits per heavy atom. The van der Waals surface area contributed by atoms with E-state index < -0.39 is 15.6 Å². The van der Waals surface area contributed by atoms with Crippen LogP contribution < -0.4 is 10.5 Å². The summed E-state index contributed by atoms with van der Waals surface area (Å²) in [5, 5.41) is -0.126. The van der Waals surface area contributed by atoms with Crippen LogP contribution in [0.1, 0.15) is 13.8 Å². The zero-order chi connectivity index (χ0) is 11.7. The van der Waals surface area contributed by atoms with Crippen LogP contribution in [0.5, 0.6) is 0 Å². The molecule has 0 aliphatic rings. The van der Waals surface area contributed by atoms with Gasteiger partial charge in [-0.2, -0.15) is 0 Å². The van der Waals surface area contributed by atoms with Gasteiger partial charge in [-0.25, -0.2) is 13.1 Å². The highest BCUT2D eigenvalue weighted by Gasteiger charge is 2.21. The van der Waals surface area contributed by atoms with E-state index in [2.05, 4.69) is 20.7 Å². The monoisotopic (exact) mass is 296 g/mol. The van der Waals surface area contributed by atoms with Crippen molar-refractivity contribution in [1.29, 1.82) is 0 Å². The van der Waals surface area contributed by atoms with Crippen molar-refractivity contribution in [3.63, 3.8) is 0 Å². The largest absolute Gasteiger partial charge is 0.437 e. The van der Waals surface area contributed by atoms with Crippen LogP contribution in [0.15, 0.2) is 26.3 Å². The second-order valence-electron chi connectivity index (χ2n) is 3.87. The van der Waals surface area contributed by atoms with Gasteiger partial charge in [-0.1, -0.05) is 0 Å². The van der Waals surface area contributed by atoms with E-state index in [4.69, 9.17) is 10.2 Å². The van der Waals surface area contributed by atoms with Gasteiger partial charge in [0.25, 0.3) is 10.0 Å². The third-order valence-corrected chi connectivity index (χ3v) is 3.23. The first-order valence-electron chi connectivity index (χ1n) is 4.25. The highest BCUT2D eigenvalue weighted by Crippen LogP contribution is 2.18. The molecule has 0 unspecified atom stereocenters. The van der Waals surface area contributed by atoms with Gasteiger partial charge in [0.2, 0.25) is 5.09 Å². The quantitative estimate of drug-likeness (QED) is 0.870. The van der Waals surface area contributed by atoms with E-state index in [1.54, 1.807) is 13.8 Å². The van der Waals surface area contributed by atoms with Crippen molar-refractivity contribution in [2.45, 2.75) is 24.5 Å². The van der Waals surface area contributed by atoms with Gasteiger partial charge in [-0.3, -0.25) is 0 Å². The summed E-state index contributed by atoms with van der Waals surface area (Å²) in [6.07, 6.45) is 0. The fourth-order valence-corrected chi connectivity index (χ4v) is 2.36. The minimum atomic E-state index is -3.60. The van der Waals surface area contributed by atoms with Gasteiger partial charge >= 0.3 is 0 Å². The van der Waals surface area contributed by atoms with Crippen LogP contribution >= 0.6 is 15.9 Å². The number of rotatable bonds is 4. The van der Waals surface area contributed by atoms with Crippen molar-refractivity contribution < 1.29 is 12.8 Å². The maximum Gasteiger partial charge on any atom is 0.274 e. The highest BCUT2D eigenvalue weighted by atomic mass is 79.9. The molecule has 1 aromatic heterocycles. The molecule has 0 bridgehead atoms. The third kappa shape index (κ3) is 3.94. The topological polar surface area (TPSA) is 85.3 Å². The molecule has 0 amide bonds. The van der Waals surface area contributed by atoms with Gasteiger partial charge in [-0.05, 0) is 41.9 Å². The van der Waals surface area contributed by atoms with Crippen LogP contribution in [0.4, 0.5) is 0 Å². The zero-order valence-electron chi connectivity index (χ0n) is 8.45. The van der Waals surface area contributed by atoms with Gasteiger partial charge < -0.3 is 10.2 Å². The molecule has 86 valence electrons. The SMILES string of the molecule is CC(C)(N)CNS(=O)(=O)c1ccc(Br)o1. The first-order chi connectivity index (χ1) is 6.71. The van der Waals surface area contributed by atoms with E-state index in [-0.39, 0.29) is 11.6 Å². The minimum absolute atomic E-state index is 0.126. The Bertz CT molecular complexity index is 433. The summed E-state index contributed by atoms with van der Waals surface area (Å²) in [6.45, 7) is 3.61. The Kier molecular flexibility index (Phi) is 3.59. The van der Waals surface area contributed by atoms with E-state index in [9.17, 15) is 8.42 Å². The van der Waals surface area contributed by atoms with Gasteiger partial charge in [0, 0.05) is 12.1 Å². The highest BCUT2D eigenvalue weighted by molar-refractivity contribution is 9.10. The molecule has 0 aromatic carbocycles. The average Bonchev–Trinajstić information content (AvgIpc) is 2.48. The maximum absolute atomic E-state index is 11.6. The Labute approximate surface area is 97.2 Å². The predicted octanol–water partition coefficient (Wildman–Crippen LogP) is 1.06. The molecule has 3 N–H and O–H groups in total. The molecule has 0 saturated heterocycles. The molecule has 1 heterocycles. The molecule has 0 spiro atoms. The van der Waals surface area contributed by atoms with Crippen molar-refractivity contribution in [1.82, 2.24) is 4.72 Å². The fourth-order valence-electron chi connectivity index (χ4n) is 0.794. The van der Waals surface area contributed by atoms with Crippen molar-refractivity contribution in [2.24, 2.45) is 5.73 Å². The first-order valence-corrected chi connectivity index (χ1v) is 6.52. The second kappa shape index (κ2) is 4.25. The van der Waals surface area contributed by atoms with Crippen molar-refractivity contribution in [2.75, 3.05) is 6.54 Å². The van der Waals surface area contributed by atoms with Crippen LogP contribution in [0.25, 0.3) is 0 Å². The van der Waals surface area contributed by atoms with Crippen LogP contribution in [-0.4, -0.2) is 20.5 Å². The summed E-state index contributed by atoms with van der Waals surface area (Å²) in [5.74, 6) is 0. The zero-order valence-corrected chi connectivity index (χ0v) is 10.9. The average molecular weight is 297 g/mol. The van der Waals surface area contributed by atoms with Crippen LogP contribution in [0, 0.1) is 0 Å². The summed E-state index contributed by atoms with van der Waals surface area (Å²) in [6, 6.07) is 2.89. The van der Waals surface area contributed by atoms with Crippen LogP contribution in [0.2, 0.25) is 0 Å². The van der Waals surface area contributed by atoms with Gasteiger partial charge in [0.1, 0.15) is 0 Å². The molecular weight excluding hydrogens is 284 g/mol. The molecule has 1 rings (SSSR count). The fraction of sp³-hybridized carbons (Fsp3) is 0.500. The molecular formula is C8H13BrN2O3S. The lowest BCUT2D eigenvalue weighted by atomic mass is 10.1. The maximum atomic E-state index is 11.6. The minimum Gasteiger partial charge on any atom is -0.437 e. The number of halogens is 1. The summed E-state index contributed by atoms with van der Waals surface area (Å²) in [7, 11) is -3.60. The number of hydrogen-bond donors (Lipinski definition) is 2. The van der Waals surface area contributed by atoms with Gasteiger partial charge in [-0.15, -0.1) is 0 Å². The Morgan fingerprint density at radius 3 is 2.53 bits per heavy atom. The molecule has 5 nitrogen and oxygen atoms in total. The number of sulfonamides is 1. The molecule has 0 fully saturated rings. The number of hydrogen-bond acceptors (Lipinski definition) is 4. The van der Waals surface area contributed by atoms with Crippen LogP contribution in [0.3, 0.4) is 0 Å². The third-order valence-electron chi connectivity index (χ3n) is 1.53.